The summed E-state index contributed by atoms with van der Waals surface area (Å²) >= 11 is 0. The molecule has 0 radical (unpaired) electrons. The van der Waals surface area contributed by atoms with Crippen LogP contribution in [0, 0.1) is 0 Å². The quantitative estimate of drug-likeness (QED) is 0.645. The van der Waals surface area contributed by atoms with Gasteiger partial charge in [0.25, 0.3) is 0 Å². The van der Waals surface area contributed by atoms with Crippen LogP contribution < -0.4 is 5.32 Å². The van der Waals surface area contributed by atoms with Crippen LogP contribution in [-0.2, 0) is 20.7 Å². The normalized spacial score (nSPS) is 12.0. The third kappa shape index (κ3) is 6.54. The van der Waals surface area contributed by atoms with Gasteiger partial charge in [0.05, 0.1) is 6.61 Å². The average Bonchev–Trinajstić information content (AvgIpc) is 2.47. The molecule has 0 aliphatic carbocycles. The minimum Gasteiger partial charge on any atom is -0.463 e. The molecule has 0 fully saturated rings. The molecule has 1 aromatic carbocycles. The zero-order valence-electron chi connectivity index (χ0n) is 12.9. The molecule has 126 valence electrons. The van der Waals surface area contributed by atoms with E-state index in [2.05, 4.69) is 0 Å². The lowest BCUT2D eigenvalue weighted by atomic mass is 10.0. The Morgan fingerprint density at radius 1 is 1.22 bits per heavy atom. The van der Waals surface area contributed by atoms with Crippen LogP contribution in [0.3, 0.4) is 0 Å². The van der Waals surface area contributed by atoms with Crippen LogP contribution in [-0.4, -0.2) is 31.2 Å². The molecule has 0 aromatic heterocycles. The minimum absolute atomic E-state index is 0.102. The second-order valence-corrected chi connectivity index (χ2v) is 4.78. The van der Waals surface area contributed by atoms with Crippen LogP contribution in [0.1, 0.15) is 25.0 Å². The summed E-state index contributed by atoms with van der Waals surface area (Å²) in [5.74, 6) is -2.37. The van der Waals surface area contributed by atoms with Crippen LogP contribution in [0.5, 0.6) is 0 Å². The summed E-state index contributed by atoms with van der Waals surface area (Å²) in [6.07, 6.45) is -3.20. The first kappa shape index (κ1) is 18.7. The van der Waals surface area contributed by atoms with Gasteiger partial charge >= 0.3 is 18.1 Å². The Kier molecular flexibility index (Phi) is 6.81. The van der Waals surface area contributed by atoms with Gasteiger partial charge in [-0.3, -0.25) is 4.79 Å². The second-order valence-electron chi connectivity index (χ2n) is 4.78. The number of carbonyl (C=O) groups is 2. The molecule has 1 amide bonds. The molecule has 1 rings (SSSR count). The van der Waals surface area contributed by atoms with Crippen LogP contribution >= 0.6 is 0 Å². The third-order valence-corrected chi connectivity index (χ3v) is 2.99. The van der Waals surface area contributed by atoms with E-state index in [-0.39, 0.29) is 13.0 Å². The van der Waals surface area contributed by atoms with Crippen molar-refractivity contribution in [3.05, 3.63) is 41.5 Å². The summed E-state index contributed by atoms with van der Waals surface area (Å²) in [6, 6.07) is 6.98. The first-order chi connectivity index (χ1) is 10.7. The van der Waals surface area contributed by atoms with Crippen molar-refractivity contribution in [2.45, 2.75) is 26.4 Å². The zero-order valence-corrected chi connectivity index (χ0v) is 12.9. The van der Waals surface area contributed by atoms with Gasteiger partial charge in [-0.25, -0.2) is 4.79 Å². The standard InChI is InChI=1S/C16H18F3NO3/c1-3-23-14(21)10-11(2)13-6-4-12(5-7-13)8-9-20-15(22)16(17,18)19/h4-7,10H,3,8-9H2,1-2H3,(H,20,22). The molecule has 0 aliphatic heterocycles. The number of hydrogen-bond donors (Lipinski definition) is 1. The topological polar surface area (TPSA) is 55.4 Å². The number of carbonyl (C=O) groups excluding carboxylic acids is 2. The molecule has 0 spiro atoms. The number of benzene rings is 1. The maximum absolute atomic E-state index is 12.0. The van der Waals surface area contributed by atoms with Crippen LogP contribution in [0.15, 0.2) is 30.3 Å². The number of halogens is 3. The van der Waals surface area contributed by atoms with Gasteiger partial charge in [0.1, 0.15) is 0 Å². The van der Waals surface area contributed by atoms with Gasteiger partial charge in [-0.05, 0) is 37.0 Å². The lowest BCUT2D eigenvalue weighted by Gasteiger charge is -2.08. The summed E-state index contributed by atoms with van der Waals surface area (Å²) in [6.45, 7) is 3.67. The second kappa shape index (κ2) is 8.36. The van der Waals surface area contributed by atoms with E-state index < -0.39 is 18.1 Å². The van der Waals surface area contributed by atoms with Gasteiger partial charge in [0.15, 0.2) is 0 Å². The van der Waals surface area contributed by atoms with Crippen LogP contribution in [0.4, 0.5) is 13.2 Å². The molecule has 23 heavy (non-hydrogen) atoms. The molecule has 0 saturated carbocycles. The van der Waals surface area contributed by atoms with Gasteiger partial charge in [-0.1, -0.05) is 24.3 Å². The number of esters is 1. The Morgan fingerprint density at radius 3 is 2.35 bits per heavy atom. The van der Waals surface area contributed by atoms with E-state index in [9.17, 15) is 22.8 Å². The van der Waals surface area contributed by atoms with Crippen molar-refractivity contribution in [3.8, 4) is 0 Å². The summed E-state index contributed by atoms with van der Waals surface area (Å²) in [5.41, 5.74) is 2.31. The lowest BCUT2D eigenvalue weighted by Crippen LogP contribution is -2.37. The van der Waals surface area contributed by atoms with Gasteiger partial charge in [-0.2, -0.15) is 13.2 Å². The Labute approximate surface area is 132 Å². The fraction of sp³-hybridized carbons (Fsp3) is 0.375. The van der Waals surface area contributed by atoms with E-state index in [1.54, 1.807) is 38.1 Å². The molecule has 7 heteroatoms. The predicted octanol–water partition coefficient (Wildman–Crippen LogP) is 2.87. The number of nitrogens with one attached hydrogen (secondary N) is 1. The monoisotopic (exact) mass is 329 g/mol. The Bertz CT molecular complexity index is 577. The molecule has 0 heterocycles. The van der Waals surface area contributed by atoms with Crippen molar-refractivity contribution >= 4 is 17.4 Å². The number of amides is 1. The fourth-order valence-electron chi connectivity index (χ4n) is 1.80. The highest BCUT2D eigenvalue weighted by Gasteiger charge is 2.38. The van der Waals surface area contributed by atoms with E-state index >= 15 is 0 Å². The molecule has 1 aromatic rings. The van der Waals surface area contributed by atoms with E-state index in [1.807, 2.05) is 5.32 Å². The number of hydrogen-bond acceptors (Lipinski definition) is 3. The largest absolute Gasteiger partial charge is 0.471 e. The molecular formula is C16H18F3NO3. The fourth-order valence-corrected chi connectivity index (χ4v) is 1.80. The van der Waals surface area contributed by atoms with Crippen molar-refractivity contribution in [1.29, 1.82) is 0 Å². The molecule has 1 N–H and O–H groups in total. The van der Waals surface area contributed by atoms with Crippen LogP contribution in [0.2, 0.25) is 0 Å². The lowest BCUT2D eigenvalue weighted by molar-refractivity contribution is -0.173. The molecule has 0 saturated heterocycles. The summed E-state index contributed by atoms with van der Waals surface area (Å²) < 4.78 is 40.9. The number of ether oxygens (including phenoxy) is 1. The molecule has 0 bridgehead atoms. The van der Waals surface area contributed by atoms with Crippen molar-refractivity contribution in [3.63, 3.8) is 0 Å². The Hall–Kier alpha value is -2.31. The summed E-state index contributed by atoms with van der Waals surface area (Å²) in [5, 5.41) is 1.81. The molecule has 0 unspecified atom stereocenters. The van der Waals surface area contributed by atoms with E-state index in [4.69, 9.17) is 4.74 Å². The van der Waals surface area contributed by atoms with Gasteiger partial charge in [-0.15, -0.1) is 0 Å². The Balaban J connectivity index is 2.57. The summed E-state index contributed by atoms with van der Waals surface area (Å²) in [4.78, 5) is 22.0. The first-order valence-electron chi connectivity index (χ1n) is 7.03. The molecule has 0 aliphatic rings. The smallest absolute Gasteiger partial charge is 0.463 e. The highest BCUT2D eigenvalue weighted by Crippen LogP contribution is 2.16. The third-order valence-electron chi connectivity index (χ3n) is 2.99. The van der Waals surface area contributed by atoms with Crippen LogP contribution in [0.25, 0.3) is 5.57 Å². The van der Waals surface area contributed by atoms with Crippen molar-refractivity contribution in [2.24, 2.45) is 0 Å². The van der Waals surface area contributed by atoms with E-state index in [1.165, 1.54) is 6.08 Å². The van der Waals surface area contributed by atoms with Gasteiger partial charge in [0.2, 0.25) is 0 Å². The molecule has 0 atom stereocenters. The van der Waals surface area contributed by atoms with Gasteiger partial charge in [0, 0.05) is 12.6 Å². The number of allylic oxidation sites excluding steroid dienone is 1. The SMILES string of the molecule is CCOC(=O)C=C(C)c1ccc(CCNC(=O)C(F)(F)F)cc1. The van der Waals surface area contributed by atoms with Crippen molar-refractivity contribution in [1.82, 2.24) is 5.32 Å². The number of rotatable bonds is 6. The molecular weight excluding hydrogens is 311 g/mol. The predicted molar refractivity (Wildman–Crippen MR) is 79.5 cm³/mol. The average molecular weight is 329 g/mol. The maximum atomic E-state index is 12.0. The highest BCUT2D eigenvalue weighted by atomic mass is 19.4. The minimum atomic E-state index is -4.86. The van der Waals surface area contributed by atoms with E-state index in [0.29, 0.717) is 6.61 Å². The Morgan fingerprint density at radius 2 is 1.83 bits per heavy atom. The van der Waals surface area contributed by atoms with Crippen molar-refractivity contribution < 1.29 is 27.5 Å². The molecule has 4 nitrogen and oxygen atoms in total. The van der Waals surface area contributed by atoms with Gasteiger partial charge < -0.3 is 10.1 Å². The first-order valence-corrected chi connectivity index (χ1v) is 7.03. The maximum Gasteiger partial charge on any atom is 0.471 e. The van der Waals surface area contributed by atoms with Crippen molar-refractivity contribution in [2.75, 3.05) is 13.2 Å². The highest BCUT2D eigenvalue weighted by molar-refractivity contribution is 5.90. The number of alkyl halides is 3. The van der Waals surface area contributed by atoms with E-state index in [0.717, 1.165) is 16.7 Å². The zero-order chi connectivity index (χ0) is 17.5. The summed E-state index contributed by atoms with van der Waals surface area (Å²) in [7, 11) is 0.